The molecule has 1 aromatic rings. The fourth-order valence-electron chi connectivity index (χ4n) is 2.16. The number of benzene rings is 1. The molecule has 0 heterocycles. The maximum Gasteiger partial charge on any atom is 0.0460 e. The minimum absolute atomic E-state index is 0.296. The summed E-state index contributed by atoms with van der Waals surface area (Å²) in [6.07, 6.45) is 4.89. The normalized spacial score (nSPS) is 12.8. The molecule has 1 aromatic carbocycles. The Morgan fingerprint density at radius 1 is 1.12 bits per heavy atom. The van der Waals surface area contributed by atoms with Crippen LogP contribution in [0, 0.1) is 13.8 Å². The fraction of sp³-hybridized carbons (Fsp3) is 0.571. The molecule has 1 atom stereocenters. The van der Waals surface area contributed by atoms with Gasteiger partial charge in [-0.05, 0) is 25.8 Å². The molecule has 2 heteroatoms. The van der Waals surface area contributed by atoms with Crippen molar-refractivity contribution in [3.8, 4) is 0 Å². The highest BCUT2D eigenvalue weighted by molar-refractivity contribution is 5.30. The zero-order valence-electron chi connectivity index (χ0n) is 10.7. The van der Waals surface area contributed by atoms with Crippen LogP contribution in [-0.4, -0.2) is 0 Å². The highest BCUT2D eigenvalue weighted by atomic mass is 15.2. The molecule has 0 spiro atoms. The Morgan fingerprint density at radius 3 is 2.25 bits per heavy atom. The molecule has 0 aromatic heterocycles. The van der Waals surface area contributed by atoms with Crippen LogP contribution in [-0.2, 0) is 0 Å². The third-order valence-electron chi connectivity index (χ3n) is 2.94. The van der Waals surface area contributed by atoms with Gasteiger partial charge in [-0.2, -0.15) is 0 Å². The molecular formula is C14H24N2. The Morgan fingerprint density at radius 2 is 1.75 bits per heavy atom. The lowest BCUT2D eigenvalue weighted by atomic mass is 9.97. The standard InChI is InChI=1S/C14H24N2/c1-4-5-6-7-14(16-15)13-9-11(2)8-12(3)10-13/h8-10,14,16H,4-7,15H2,1-3H3. The second-order valence-corrected chi connectivity index (χ2v) is 4.64. The average molecular weight is 220 g/mol. The number of nitrogens with one attached hydrogen (secondary N) is 1. The Balaban J connectivity index is 2.70. The highest BCUT2D eigenvalue weighted by Gasteiger charge is 2.09. The van der Waals surface area contributed by atoms with Gasteiger partial charge < -0.3 is 0 Å². The van der Waals surface area contributed by atoms with Crippen LogP contribution >= 0.6 is 0 Å². The Kier molecular flexibility index (Phi) is 5.50. The van der Waals surface area contributed by atoms with Crippen molar-refractivity contribution in [3.05, 3.63) is 34.9 Å². The number of unbranched alkanes of at least 4 members (excludes halogenated alkanes) is 2. The van der Waals surface area contributed by atoms with Crippen LogP contribution in [0.15, 0.2) is 18.2 Å². The molecule has 0 radical (unpaired) electrons. The average Bonchev–Trinajstić information content (AvgIpc) is 2.23. The second-order valence-electron chi connectivity index (χ2n) is 4.64. The molecule has 16 heavy (non-hydrogen) atoms. The molecule has 0 saturated carbocycles. The van der Waals surface area contributed by atoms with Crippen LogP contribution in [0.1, 0.15) is 55.3 Å². The molecule has 0 aliphatic carbocycles. The smallest absolute Gasteiger partial charge is 0.0460 e. The van der Waals surface area contributed by atoms with Crippen LogP contribution in [0.4, 0.5) is 0 Å². The van der Waals surface area contributed by atoms with Crippen molar-refractivity contribution >= 4 is 0 Å². The van der Waals surface area contributed by atoms with Gasteiger partial charge in [0.2, 0.25) is 0 Å². The van der Waals surface area contributed by atoms with Gasteiger partial charge in [0.15, 0.2) is 0 Å². The molecular weight excluding hydrogens is 196 g/mol. The number of aryl methyl sites for hydroxylation is 2. The van der Waals surface area contributed by atoms with Crippen LogP contribution < -0.4 is 11.3 Å². The van der Waals surface area contributed by atoms with Crippen LogP contribution in [0.3, 0.4) is 0 Å². The summed E-state index contributed by atoms with van der Waals surface area (Å²) in [7, 11) is 0. The second kappa shape index (κ2) is 6.66. The van der Waals surface area contributed by atoms with Crippen molar-refractivity contribution in [1.29, 1.82) is 0 Å². The van der Waals surface area contributed by atoms with E-state index >= 15 is 0 Å². The van der Waals surface area contributed by atoms with Gasteiger partial charge in [-0.25, -0.2) is 0 Å². The Bertz CT molecular complexity index is 300. The minimum Gasteiger partial charge on any atom is -0.271 e. The molecule has 0 aliphatic rings. The van der Waals surface area contributed by atoms with Gasteiger partial charge in [-0.3, -0.25) is 11.3 Å². The third-order valence-corrected chi connectivity index (χ3v) is 2.94. The number of hydrogen-bond acceptors (Lipinski definition) is 2. The number of nitrogens with two attached hydrogens (primary N) is 1. The van der Waals surface area contributed by atoms with Gasteiger partial charge in [0, 0.05) is 6.04 Å². The molecule has 1 unspecified atom stereocenters. The molecule has 0 amide bonds. The predicted molar refractivity (Wildman–Crippen MR) is 70.1 cm³/mol. The fourth-order valence-corrected chi connectivity index (χ4v) is 2.16. The molecule has 3 N–H and O–H groups in total. The van der Waals surface area contributed by atoms with E-state index in [1.807, 2.05) is 0 Å². The highest BCUT2D eigenvalue weighted by Crippen LogP contribution is 2.21. The van der Waals surface area contributed by atoms with Crippen molar-refractivity contribution in [3.63, 3.8) is 0 Å². The first-order chi connectivity index (χ1) is 7.67. The largest absolute Gasteiger partial charge is 0.271 e. The van der Waals surface area contributed by atoms with Gasteiger partial charge >= 0.3 is 0 Å². The van der Waals surface area contributed by atoms with Crippen molar-refractivity contribution < 1.29 is 0 Å². The first-order valence-electron chi connectivity index (χ1n) is 6.21. The lowest BCUT2D eigenvalue weighted by Gasteiger charge is -2.17. The van der Waals surface area contributed by atoms with Crippen molar-refractivity contribution in [1.82, 2.24) is 5.43 Å². The van der Waals surface area contributed by atoms with E-state index in [1.165, 1.54) is 36.0 Å². The summed E-state index contributed by atoms with van der Waals surface area (Å²) in [5.74, 6) is 5.64. The summed E-state index contributed by atoms with van der Waals surface area (Å²) in [5.41, 5.74) is 6.87. The van der Waals surface area contributed by atoms with E-state index in [-0.39, 0.29) is 0 Å². The minimum atomic E-state index is 0.296. The van der Waals surface area contributed by atoms with Crippen molar-refractivity contribution in [2.24, 2.45) is 5.84 Å². The quantitative estimate of drug-likeness (QED) is 0.438. The first kappa shape index (κ1) is 13.2. The summed E-state index contributed by atoms with van der Waals surface area (Å²) in [6.45, 7) is 6.49. The monoisotopic (exact) mass is 220 g/mol. The summed E-state index contributed by atoms with van der Waals surface area (Å²) in [5, 5.41) is 0. The number of rotatable bonds is 6. The number of hydrazine groups is 1. The summed E-state index contributed by atoms with van der Waals surface area (Å²) >= 11 is 0. The van der Waals surface area contributed by atoms with Crippen molar-refractivity contribution in [2.45, 2.75) is 52.5 Å². The topological polar surface area (TPSA) is 38.0 Å². The summed E-state index contributed by atoms with van der Waals surface area (Å²) in [4.78, 5) is 0. The SMILES string of the molecule is CCCCCC(NN)c1cc(C)cc(C)c1. The molecule has 0 saturated heterocycles. The Labute approximate surface area is 99.2 Å². The third kappa shape index (κ3) is 3.95. The maximum atomic E-state index is 5.64. The van der Waals surface area contributed by atoms with Gasteiger partial charge in [-0.1, -0.05) is 55.5 Å². The maximum absolute atomic E-state index is 5.64. The van der Waals surface area contributed by atoms with Gasteiger partial charge in [0.25, 0.3) is 0 Å². The van der Waals surface area contributed by atoms with E-state index in [1.54, 1.807) is 0 Å². The van der Waals surface area contributed by atoms with Gasteiger partial charge in [-0.15, -0.1) is 0 Å². The van der Waals surface area contributed by atoms with E-state index in [0.29, 0.717) is 6.04 Å². The van der Waals surface area contributed by atoms with E-state index in [2.05, 4.69) is 44.4 Å². The zero-order chi connectivity index (χ0) is 12.0. The van der Waals surface area contributed by atoms with Gasteiger partial charge in [0.05, 0.1) is 0 Å². The van der Waals surface area contributed by atoms with E-state index in [4.69, 9.17) is 5.84 Å². The lowest BCUT2D eigenvalue weighted by molar-refractivity contribution is 0.486. The molecule has 0 fully saturated rings. The molecule has 0 bridgehead atoms. The molecule has 1 rings (SSSR count). The van der Waals surface area contributed by atoms with E-state index < -0.39 is 0 Å². The van der Waals surface area contributed by atoms with Crippen LogP contribution in [0.2, 0.25) is 0 Å². The van der Waals surface area contributed by atoms with Gasteiger partial charge in [0.1, 0.15) is 0 Å². The summed E-state index contributed by atoms with van der Waals surface area (Å²) < 4.78 is 0. The van der Waals surface area contributed by atoms with Crippen molar-refractivity contribution in [2.75, 3.05) is 0 Å². The predicted octanol–water partition coefficient (Wildman–Crippen LogP) is 3.39. The zero-order valence-corrected chi connectivity index (χ0v) is 10.7. The number of hydrogen-bond donors (Lipinski definition) is 2. The van der Waals surface area contributed by atoms with E-state index in [0.717, 1.165) is 6.42 Å². The van der Waals surface area contributed by atoms with Crippen LogP contribution in [0.5, 0.6) is 0 Å². The van der Waals surface area contributed by atoms with E-state index in [9.17, 15) is 0 Å². The van der Waals surface area contributed by atoms with Crippen LogP contribution in [0.25, 0.3) is 0 Å². The summed E-state index contributed by atoms with van der Waals surface area (Å²) in [6, 6.07) is 6.95. The Hall–Kier alpha value is -0.860. The molecule has 0 aliphatic heterocycles. The molecule has 90 valence electrons. The first-order valence-corrected chi connectivity index (χ1v) is 6.21. The molecule has 2 nitrogen and oxygen atoms in total. The lowest BCUT2D eigenvalue weighted by Crippen LogP contribution is -2.28.